The van der Waals surface area contributed by atoms with Gasteiger partial charge in [0.05, 0.1) is 0 Å². The van der Waals surface area contributed by atoms with Crippen molar-refractivity contribution in [1.29, 1.82) is 5.41 Å². The Morgan fingerprint density at radius 3 is 2.50 bits per heavy atom. The Labute approximate surface area is 86.3 Å². The minimum atomic E-state index is 0.250. The van der Waals surface area contributed by atoms with Crippen LogP contribution in [-0.2, 0) is 6.42 Å². The van der Waals surface area contributed by atoms with E-state index in [0.717, 1.165) is 17.7 Å². The van der Waals surface area contributed by atoms with Gasteiger partial charge in [-0.2, -0.15) is 0 Å². The van der Waals surface area contributed by atoms with Crippen LogP contribution in [0.25, 0.3) is 11.3 Å². The molecule has 2 rings (SSSR count). The summed E-state index contributed by atoms with van der Waals surface area (Å²) >= 11 is 1.31. The van der Waals surface area contributed by atoms with Crippen LogP contribution in [0, 0.1) is 5.41 Å². The number of nitrogens with one attached hydrogen (secondary N) is 1. The summed E-state index contributed by atoms with van der Waals surface area (Å²) in [4.78, 5) is 0.250. The number of aryl methyl sites for hydroxylation is 1. The predicted molar refractivity (Wildman–Crippen MR) is 57.3 cm³/mol. The summed E-state index contributed by atoms with van der Waals surface area (Å²) in [6.07, 6.45) is 1.05. The second-order valence-corrected chi connectivity index (χ2v) is 3.88. The van der Waals surface area contributed by atoms with Crippen molar-refractivity contribution in [3.63, 3.8) is 0 Å². The number of hydrogen-bond donors (Lipinski definition) is 1. The second-order valence-electron chi connectivity index (χ2n) is 3.04. The van der Waals surface area contributed by atoms with Gasteiger partial charge in [0.1, 0.15) is 5.76 Å². The molecule has 0 aliphatic rings. The molecule has 0 saturated carbocycles. The minimum Gasteiger partial charge on any atom is -0.430 e. The lowest BCUT2D eigenvalue weighted by atomic mass is 10.1. The Morgan fingerprint density at radius 1 is 1.29 bits per heavy atom. The molecule has 0 amide bonds. The maximum absolute atomic E-state index is 7.30. The van der Waals surface area contributed by atoms with Crippen molar-refractivity contribution in [1.82, 2.24) is 0 Å². The first-order valence-corrected chi connectivity index (χ1v) is 5.40. The largest absolute Gasteiger partial charge is 0.430 e. The molecular formula is C11H11NOS. The zero-order valence-corrected chi connectivity index (χ0v) is 8.73. The van der Waals surface area contributed by atoms with Crippen LogP contribution in [0.1, 0.15) is 12.5 Å². The molecule has 1 N–H and O–H groups in total. The first kappa shape index (κ1) is 9.21. The third-order valence-corrected chi connectivity index (χ3v) is 2.75. The van der Waals surface area contributed by atoms with Gasteiger partial charge in [0.25, 0.3) is 4.87 Å². The van der Waals surface area contributed by atoms with Crippen molar-refractivity contribution in [2.75, 3.05) is 0 Å². The summed E-state index contributed by atoms with van der Waals surface area (Å²) in [5, 5.41) is 9.16. The van der Waals surface area contributed by atoms with Gasteiger partial charge in [0, 0.05) is 10.9 Å². The van der Waals surface area contributed by atoms with Gasteiger partial charge < -0.3 is 4.42 Å². The molecule has 0 bridgehead atoms. The molecule has 0 radical (unpaired) electrons. The average molecular weight is 205 g/mol. The molecule has 0 atom stereocenters. The lowest BCUT2D eigenvalue weighted by Gasteiger charge is -1.98. The van der Waals surface area contributed by atoms with E-state index in [9.17, 15) is 0 Å². The van der Waals surface area contributed by atoms with Crippen molar-refractivity contribution in [2.24, 2.45) is 0 Å². The summed E-state index contributed by atoms with van der Waals surface area (Å²) in [6.45, 7) is 2.13. The standard InChI is InChI=1S/C11H11NOS/c1-2-8-3-5-9(6-4-8)10-7-14-11(12)13-10/h3-7,12H,2H2,1H3. The maximum atomic E-state index is 7.30. The highest BCUT2D eigenvalue weighted by Gasteiger charge is 2.01. The zero-order chi connectivity index (χ0) is 9.97. The number of rotatable bonds is 2. The molecule has 1 aromatic carbocycles. The third kappa shape index (κ3) is 1.77. The van der Waals surface area contributed by atoms with Crippen LogP contribution >= 0.6 is 11.3 Å². The van der Waals surface area contributed by atoms with E-state index < -0.39 is 0 Å². The molecule has 2 aromatic rings. The molecule has 0 aliphatic carbocycles. The fourth-order valence-electron chi connectivity index (χ4n) is 1.29. The Morgan fingerprint density at radius 2 is 2.00 bits per heavy atom. The Kier molecular flexibility index (Phi) is 2.50. The smallest absolute Gasteiger partial charge is 0.271 e. The van der Waals surface area contributed by atoms with Crippen molar-refractivity contribution < 1.29 is 4.42 Å². The summed E-state index contributed by atoms with van der Waals surface area (Å²) in [7, 11) is 0. The van der Waals surface area contributed by atoms with Crippen LogP contribution in [0.3, 0.4) is 0 Å². The van der Waals surface area contributed by atoms with Crippen molar-refractivity contribution in [3.05, 3.63) is 40.1 Å². The molecule has 72 valence electrons. The van der Waals surface area contributed by atoms with Gasteiger partial charge in [0.15, 0.2) is 0 Å². The molecule has 0 fully saturated rings. The van der Waals surface area contributed by atoms with Crippen LogP contribution in [0.4, 0.5) is 0 Å². The van der Waals surface area contributed by atoms with Crippen LogP contribution in [0.15, 0.2) is 34.1 Å². The Bertz CT molecular complexity index is 467. The molecule has 1 heterocycles. The van der Waals surface area contributed by atoms with Gasteiger partial charge in [-0.3, -0.25) is 5.41 Å². The molecule has 0 spiro atoms. The molecular weight excluding hydrogens is 194 g/mol. The summed E-state index contributed by atoms with van der Waals surface area (Å²) in [6, 6.07) is 8.24. The fraction of sp³-hybridized carbons (Fsp3) is 0.182. The summed E-state index contributed by atoms with van der Waals surface area (Å²) < 4.78 is 5.23. The van der Waals surface area contributed by atoms with Gasteiger partial charge in [-0.05, 0) is 12.0 Å². The maximum Gasteiger partial charge on any atom is 0.271 e. The van der Waals surface area contributed by atoms with E-state index in [1.165, 1.54) is 16.9 Å². The lowest BCUT2D eigenvalue weighted by molar-refractivity contribution is 0.529. The average Bonchev–Trinajstić information content (AvgIpc) is 2.65. The zero-order valence-electron chi connectivity index (χ0n) is 7.91. The second kappa shape index (κ2) is 3.80. The molecule has 14 heavy (non-hydrogen) atoms. The molecule has 0 saturated heterocycles. The van der Waals surface area contributed by atoms with Gasteiger partial charge in [-0.15, -0.1) is 0 Å². The highest BCUT2D eigenvalue weighted by atomic mass is 32.1. The van der Waals surface area contributed by atoms with E-state index in [1.807, 2.05) is 17.5 Å². The van der Waals surface area contributed by atoms with Crippen molar-refractivity contribution >= 4 is 11.3 Å². The van der Waals surface area contributed by atoms with E-state index in [1.54, 1.807) is 0 Å². The Hall–Kier alpha value is -1.35. The van der Waals surface area contributed by atoms with E-state index in [-0.39, 0.29) is 4.87 Å². The highest BCUT2D eigenvalue weighted by molar-refractivity contribution is 7.07. The van der Waals surface area contributed by atoms with Crippen LogP contribution in [0.5, 0.6) is 0 Å². The number of hydrogen-bond acceptors (Lipinski definition) is 3. The molecule has 1 aromatic heterocycles. The van der Waals surface area contributed by atoms with Crippen LogP contribution in [0.2, 0.25) is 0 Å². The van der Waals surface area contributed by atoms with Gasteiger partial charge in [-0.25, -0.2) is 0 Å². The normalized spacial score (nSPS) is 10.4. The SMILES string of the molecule is CCc1ccc(-c2csc(=N)o2)cc1. The number of benzene rings is 1. The van der Waals surface area contributed by atoms with Gasteiger partial charge in [-0.1, -0.05) is 42.5 Å². The first-order chi connectivity index (χ1) is 6.79. The molecule has 3 heteroatoms. The highest BCUT2D eigenvalue weighted by Crippen LogP contribution is 2.19. The minimum absolute atomic E-state index is 0.250. The van der Waals surface area contributed by atoms with Gasteiger partial charge in [0.2, 0.25) is 0 Å². The topological polar surface area (TPSA) is 37.0 Å². The lowest BCUT2D eigenvalue weighted by Crippen LogP contribution is -1.83. The Balaban J connectivity index is 2.38. The predicted octanol–water partition coefficient (Wildman–Crippen LogP) is 3.05. The van der Waals surface area contributed by atoms with Crippen molar-refractivity contribution in [3.8, 4) is 11.3 Å². The monoisotopic (exact) mass is 205 g/mol. The molecule has 0 aliphatic heterocycles. The first-order valence-electron chi connectivity index (χ1n) is 4.52. The van der Waals surface area contributed by atoms with Gasteiger partial charge >= 0.3 is 0 Å². The van der Waals surface area contributed by atoms with E-state index in [2.05, 4.69) is 19.1 Å². The summed E-state index contributed by atoms with van der Waals surface area (Å²) in [5.74, 6) is 0.780. The molecule has 0 unspecified atom stereocenters. The third-order valence-electron chi connectivity index (χ3n) is 2.12. The molecule has 2 nitrogen and oxygen atoms in total. The van der Waals surface area contributed by atoms with E-state index in [4.69, 9.17) is 9.83 Å². The van der Waals surface area contributed by atoms with E-state index >= 15 is 0 Å². The van der Waals surface area contributed by atoms with Crippen molar-refractivity contribution in [2.45, 2.75) is 13.3 Å². The summed E-state index contributed by atoms with van der Waals surface area (Å²) in [5.41, 5.74) is 2.35. The quantitative estimate of drug-likeness (QED) is 0.803. The van der Waals surface area contributed by atoms with E-state index in [0.29, 0.717) is 0 Å². The van der Waals surface area contributed by atoms with Crippen LogP contribution in [-0.4, -0.2) is 0 Å². The fourth-order valence-corrected chi connectivity index (χ4v) is 1.82. The van der Waals surface area contributed by atoms with Crippen LogP contribution < -0.4 is 4.87 Å².